The van der Waals surface area contributed by atoms with Crippen molar-refractivity contribution in [2.24, 2.45) is 11.8 Å². The number of imide groups is 1. The number of aryl methyl sites for hydroxylation is 3. The van der Waals surface area contributed by atoms with Crippen LogP contribution < -0.4 is 4.90 Å². The Hall–Kier alpha value is -2.82. The molecule has 1 aliphatic carbocycles. The number of carbonyl (C=O) groups is 3. The van der Waals surface area contributed by atoms with Gasteiger partial charge in [-0.3, -0.25) is 14.4 Å². The van der Waals surface area contributed by atoms with Gasteiger partial charge in [0.25, 0.3) is 15.9 Å². The van der Waals surface area contributed by atoms with Gasteiger partial charge in [0.1, 0.15) is 0 Å². The standard InChI is InChI=1S/C24H21BrN2O6S/c1-12-9-13(2)20(14(3)10-12)34(32,33)27-16-11-17(25)24(31,23(27)30)19-18(16)21(28)26(22(19)29)15-7-5-4-6-8-15/h4-11,16,18-19,31H,1-3H3/t16-,18+,19-,24-/m1/s1. The van der Waals surface area contributed by atoms with E-state index in [1.54, 1.807) is 56.3 Å². The Morgan fingerprint density at radius 3 is 2.15 bits per heavy atom. The van der Waals surface area contributed by atoms with Crippen LogP contribution in [0.15, 0.2) is 57.9 Å². The van der Waals surface area contributed by atoms with Crippen molar-refractivity contribution >= 4 is 49.4 Å². The summed E-state index contributed by atoms with van der Waals surface area (Å²) < 4.78 is 28.3. The number of hydrogen-bond acceptors (Lipinski definition) is 6. The summed E-state index contributed by atoms with van der Waals surface area (Å²) in [6.07, 6.45) is 1.35. The van der Waals surface area contributed by atoms with E-state index in [9.17, 15) is 27.9 Å². The van der Waals surface area contributed by atoms with Crippen LogP contribution in [0.3, 0.4) is 0 Å². The van der Waals surface area contributed by atoms with Gasteiger partial charge in [0, 0.05) is 4.48 Å². The van der Waals surface area contributed by atoms with Crippen LogP contribution in [0.1, 0.15) is 16.7 Å². The number of aliphatic hydroxyl groups is 1. The van der Waals surface area contributed by atoms with Gasteiger partial charge in [-0.25, -0.2) is 17.6 Å². The van der Waals surface area contributed by atoms with E-state index in [2.05, 4.69) is 15.9 Å². The minimum atomic E-state index is -4.47. The second kappa shape index (κ2) is 7.34. The first-order valence-corrected chi connectivity index (χ1v) is 12.9. The largest absolute Gasteiger partial charge is 0.374 e. The van der Waals surface area contributed by atoms with Gasteiger partial charge >= 0.3 is 0 Å². The van der Waals surface area contributed by atoms with Gasteiger partial charge in [0.2, 0.25) is 11.8 Å². The fourth-order valence-corrected chi connectivity index (χ4v) is 8.21. The number of halogens is 1. The molecule has 0 radical (unpaired) electrons. The number of piperidine rings is 1. The zero-order valence-corrected chi connectivity index (χ0v) is 20.9. The Labute approximate surface area is 205 Å². The molecule has 8 nitrogen and oxygen atoms in total. The molecule has 2 aromatic carbocycles. The van der Waals surface area contributed by atoms with Gasteiger partial charge < -0.3 is 5.11 Å². The summed E-state index contributed by atoms with van der Waals surface area (Å²) in [4.78, 5) is 41.4. The van der Waals surface area contributed by atoms with E-state index in [1.807, 2.05) is 6.92 Å². The molecule has 2 bridgehead atoms. The Morgan fingerprint density at radius 1 is 0.971 bits per heavy atom. The highest BCUT2D eigenvalue weighted by molar-refractivity contribution is 9.11. The number of benzene rings is 2. The van der Waals surface area contributed by atoms with Crippen molar-refractivity contribution in [2.75, 3.05) is 4.90 Å². The summed E-state index contributed by atoms with van der Waals surface area (Å²) in [7, 11) is -4.47. The molecule has 2 fully saturated rings. The normalized spacial score (nSPS) is 28.4. The number of rotatable bonds is 3. The Kier molecular flexibility index (Phi) is 4.95. The van der Waals surface area contributed by atoms with Crippen LogP contribution in [0.4, 0.5) is 5.69 Å². The average Bonchev–Trinajstić information content (AvgIpc) is 3.01. The summed E-state index contributed by atoms with van der Waals surface area (Å²) in [5.74, 6) is -5.25. The van der Waals surface area contributed by atoms with Crippen LogP contribution in [0.5, 0.6) is 0 Å². The summed E-state index contributed by atoms with van der Waals surface area (Å²) in [5, 5.41) is 11.6. The van der Waals surface area contributed by atoms with Crippen LogP contribution >= 0.6 is 15.9 Å². The number of fused-ring (bicyclic) bond motifs is 1. The van der Waals surface area contributed by atoms with E-state index < -0.39 is 51.2 Å². The van der Waals surface area contributed by atoms with Crippen molar-refractivity contribution in [1.82, 2.24) is 4.31 Å². The summed E-state index contributed by atoms with van der Waals surface area (Å²) >= 11 is 3.18. The molecule has 0 saturated carbocycles. The lowest BCUT2D eigenvalue weighted by atomic mass is 9.68. The van der Waals surface area contributed by atoms with Gasteiger partial charge in [0.05, 0.1) is 28.5 Å². The van der Waals surface area contributed by atoms with E-state index >= 15 is 0 Å². The molecule has 0 aromatic heterocycles. The van der Waals surface area contributed by atoms with Gasteiger partial charge in [-0.1, -0.05) is 51.8 Å². The maximum absolute atomic E-state index is 13.9. The molecule has 3 amide bonds. The highest BCUT2D eigenvalue weighted by Gasteiger charge is 2.73. The Morgan fingerprint density at radius 2 is 1.56 bits per heavy atom. The summed E-state index contributed by atoms with van der Waals surface area (Å²) in [6.45, 7) is 5.09. The molecule has 1 N–H and O–H groups in total. The maximum atomic E-state index is 13.9. The zero-order valence-electron chi connectivity index (χ0n) is 18.5. The van der Waals surface area contributed by atoms with Crippen molar-refractivity contribution in [2.45, 2.75) is 37.3 Å². The molecule has 34 heavy (non-hydrogen) atoms. The number of para-hydroxylation sites is 1. The van der Waals surface area contributed by atoms with Crippen LogP contribution in [0.2, 0.25) is 0 Å². The number of amides is 3. The molecule has 176 valence electrons. The van der Waals surface area contributed by atoms with Crippen LogP contribution in [-0.4, -0.2) is 47.2 Å². The average molecular weight is 545 g/mol. The predicted octanol–water partition coefficient (Wildman–Crippen LogP) is 2.34. The molecule has 4 atom stereocenters. The third kappa shape index (κ3) is 2.79. The predicted molar refractivity (Wildman–Crippen MR) is 126 cm³/mol. The monoisotopic (exact) mass is 544 g/mol. The van der Waals surface area contributed by atoms with E-state index in [0.29, 0.717) is 15.4 Å². The van der Waals surface area contributed by atoms with Gasteiger partial charge in [-0.2, -0.15) is 0 Å². The smallest absolute Gasteiger partial charge is 0.274 e. The molecular formula is C24H21BrN2O6S. The van der Waals surface area contributed by atoms with Gasteiger partial charge in [-0.05, 0) is 50.1 Å². The topological polar surface area (TPSA) is 112 Å². The minimum absolute atomic E-state index is 0.0175. The number of nitrogens with zero attached hydrogens (tertiary/aromatic N) is 2. The third-order valence-electron chi connectivity index (χ3n) is 6.78. The molecule has 0 unspecified atom stereocenters. The number of hydrogen-bond donors (Lipinski definition) is 1. The fourth-order valence-electron chi connectivity index (χ4n) is 5.53. The van der Waals surface area contributed by atoms with Crippen molar-refractivity contribution in [3.05, 3.63) is 69.7 Å². The molecule has 0 spiro atoms. The first-order valence-electron chi connectivity index (χ1n) is 10.6. The van der Waals surface area contributed by atoms with Crippen LogP contribution in [0.25, 0.3) is 0 Å². The highest BCUT2D eigenvalue weighted by atomic mass is 79.9. The van der Waals surface area contributed by atoms with Crippen molar-refractivity contribution in [3.63, 3.8) is 0 Å². The number of sulfonamides is 1. The van der Waals surface area contributed by atoms with Crippen LogP contribution in [0, 0.1) is 32.6 Å². The molecule has 2 saturated heterocycles. The Bertz CT molecular complexity index is 1400. The third-order valence-corrected chi connectivity index (χ3v) is 9.74. The fraction of sp³-hybridized carbons (Fsp3) is 0.292. The quantitative estimate of drug-likeness (QED) is 0.593. The molecule has 4 aliphatic rings. The summed E-state index contributed by atoms with van der Waals surface area (Å²) in [6, 6.07) is 10.3. The summed E-state index contributed by atoms with van der Waals surface area (Å²) in [5.41, 5.74) is -0.485. The van der Waals surface area contributed by atoms with Gasteiger partial charge in [0.15, 0.2) is 5.60 Å². The first kappa shape index (κ1) is 22.9. The second-order valence-corrected chi connectivity index (χ2v) is 11.6. The molecular weight excluding hydrogens is 524 g/mol. The minimum Gasteiger partial charge on any atom is -0.374 e. The lowest BCUT2D eigenvalue weighted by molar-refractivity contribution is -0.165. The van der Waals surface area contributed by atoms with E-state index in [0.717, 1.165) is 10.5 Å². The van der Waals surface area contributed by atoms with Crippen molar-refractivity contribution in [1.29, 1.82) is 0 Å². The van der Waals surface area contributed by atoms with Crippen molar-refractivity contribution in [3.8, 4) is 0 Å². The van der Waals surface area contributed by atoms with E-state index in [-0.39, 0.29) is 15.1 Å². The molecule has 3 heterocycles. The zero-order chi connectivity index (χ0) is 24.7. The molecule has 6 rings (SSSR count). The van der Waals surface area contributed by atoms with E-state index in [4.69, 9.17) is 0 Å². The number of anilines is 1. The van der Waals surface area contributed by atoms with E-state index in [1.165, 1.54) is 6.08 Å². The SMILES string of the molecule is Cc1cc(C)c(S(=O)(=O)N2C(=O)[C@@]3(O)C(Br)=C[C@@H]2[C@@H]2C(=O)N(c4ccccc4)C(=O)[C@@H]23)c(C)c1. The highest BCUT2D eigenvalue weighted by Crippen LogP contribution is 2.54. The maximum Gasteiger partial charge on any atom is 0.274 e. The lowest BCUT2D eigenvalue weighted by Gasteiger charge is -2.50. The Balaban J connectivity index is 1.69. The lowest BCUT2D eigenvalue weighted by Crippen LogP contribution is -2.70. The molecule has 3 aliphatic heterocycles. The molecule has 2 aromatic rings. The number of carbonyl (C=O) groups excluding carboxylic acids is 3. The first-order chi connectivity index (χ1) is 15.9. The van der Waals surface area contributed by atoms with Crippen molar-refractivity contribution < 1.29 is 27.9 Å². The van der Waals surface area contributed by atoms with Gasteiger partial charge in [-0.15, -0.1) is 0 Å². The second-order valence-electron chi connectivity index (χ2n) is 8.96. The van der Waals surface area contributed by atoms with Crippen LogP contribution in [-0.2, 0) is 24.4 Å². The molecule has 10 heteroatoms.